The molecule has 1 saturated heterocycles. The predicted octanol–water partition coefficient (Wildman–Crippen LogP) is 4.37. The summed E-state index contributed by atoms with van der Waals surface area (Å²) in [4.78, 5) is 13.0. The van der Waals surface area contributed by atoms with Crippen LogP contribution in [-0.2, 0) is 17.0 Å². The number of anilines is 3. The third kappa shape index (κ3) is 5.57. The van der Waals surface area contributed by atoms with Crippen molar-refractivity contribution < 1.29 is 9.13 Å². The third-order valence-corrected chi connectivity index (χ3v) is 6.61. The average molecular weight is 493 g/mol. The number of aromatic nitrogens is 6. The van der Waals surface area contributed by atoms with Crippen molar-refractivity contribution in [2.75, 3.05) is 17.7 Å². The van der Waals surface area contributed by atoms with Crippen LogP contribution in [0.5, 0.6) is 0 Å². The molecule has 3 N–H and O–H groups in total. The van der Waals surface area contributed by atoms with Crippen LogP contribution >= 0.6 is 11.8 Å². The van der Waals surface area contributed by atoms with Gasteiger partial charge in [0.05, 0.1) is 18.4 Å². The second-order valence-electron chi connectivity index (χ2n) is 8.22. The molecule has 1 unspecified atom stereocenters. The third-order valence-electron chi connectivity index (χ3n) is 5.65. The number of thioether (sulfide) groups is 1. The van der Waals surface area contributed by atoms with Gasteiger partial charge in [-0.2, -0.15) is 15.0 Å². The molecule has 0 amide bonds. The first-order valence-corrected chi connectivity index (χ1v) is 12.3. The first-order chi connectivity index (χ1) is 17.0. The molecule has 2 aromatic heterocycles. The number of nitrogens with two attached hydrogens (primary N) is 1. The zero-order chi connectivity index (χ0) is 24.2. The van der Waals surface area contributed by atoms with Gasteiger partial charge in [-0.3, -0.25) is 4.57 Å². The fraction of sp³-hybridized carbons (Fsp3) is 0.292. The summed E-state index contributed by atoms with van der Waals surface area (Å²) < 4.78 is 21.3. The molecule has 0 aliphatic carbocycles. The van der Waals surface area contributed by atoms with Crippen LogP contribution in [0.4, 0.5) is 22.0 Å². The molecule has 0 spiro atoms. The fourth-order valence-electron chi connectivity index (χ4n) is 3.89. The first kappa shape index (κ1) is 23.2. The zero-order valence-electron chi connectivity index (χ0n) is 19.2. The van der Waals surface area contributed by atoms with Gasteiger partial charge in [-0.05, 0) is 55.7 Å². The Bertz CT molecular complexity index is 1310. The lowest BCUT2D eigenvalue weighted by Crippen LogP contribution is -2.16. The van der Waals surface area contributed by atoms with Crippen molar-refractivity contribution in [2.45, 2.75) is 43.3 Å². The Hall–Kier alpha value is -3.57. The van der Waals surface area contributed by atoms with Gasteiger partial charge < -0.3 is 15.8 Å². The molecule has 0 radical (unpaired) electrons. The molecule has 0 saturated carbocycles. The monoisotopic (exact) mass is 492 g/mol. The van der Waals surface area contributed by atoms with Crippen molar-refractivity contribution in [3.63, 3.8) is 0 Å². The highest BCUT2D eigenvalue weighted by Gasteiger charge is 2.22. The SMILES string of the molecule is Cc1ccccc1Nc1nc(N)nc(CSc2nnc(-c3ccc(F)cc3)n2CC2CCCO2)n1. The van der Waals surface area contributed by atoms with Crippen LogP contribution in [0, 0.1) is 12.7 Å². The standard InChI is InChI=1S/C24H25FN8OS/c1-15-5-2-3-7-19(15)27-23-29-20(28-22(26)30-23)14-35-24-32-31-21(16-8-10-17(25)11-9-16)33(24)13-18-6-4-12-34-18/h2-3,5,7-11,18H,4,6,12-14H2,1H3,(H3,26,27,28,29,30). The van der Waals surface area contributed by atoms with Crippen molar-refractivity contribution in [1.82, 2.24) is 29.7 Å². The van der Waals surface area contributed by atoms with Crippen LogP contribution in [0.15, 0.2) is 53.7 Å². The molecule has 35 heavy (non-hydrogen) atoms. The van der Waals surface area contributed by atoms with Crippen LogP contribution in [0.2, 0.25) is 0 Å². The summed E-state index contributed by atoms with van der Waals surface area (Å²) in [6, 6.07) is 14.1. The Morgan fingerprint density at radius 2 is 1.94 bits per heavy atom. The van der Waals surface area contributed by atoms with Gasteiger partial charge in [0.1, 0.15) is 11.6 Å². The van der Waals surface area contributed by atoms with Gasteiger partial charge in [0.25, 0.3) is 0 Å². The van der Waals surface area contributed by atoms with E-state index in [0.29, 0.717) is 35.1 Å². The van der Waals surface area contributed by atoms with Crippen molar-refractivity contribution in [3.05, 3.63) is 65.7 Å². The number of rotatable bonds is 8. The molecule has 11 heteroatoms. The van der Waals surface area contributed by atoms with Gasteiger partial charge in [0.2, 0.25) is 11.9 Å². The molecule has 5 rings (SSSR count). The second-order valence-corrected chi connectivity index (χ2v) is 9.16. The number of hydrogen-bond acceptors (Lipinski definition) is 9. The van der Waals surface area contributed by atoms with E-state index in [1.807, 2.05) is 35.8 Å². The van der Waals surface area contributed by atoms with Gasteiger partial charge in [-0.25, -0.2) is 4.39 Å². The van der Waals surface area contributed by atoms with E-state index in [0.717, 1.165) is 36.3 Å². The van der Waals surface area contributed by atoms with Gasteiger partial charge in [-0.1, -0.05) is 30.0 Å². The molecule has 1 fully saturated rings. The lowest BCUT2D eigenvalue weighted by Gasteiger charge is -2.15. The van der Waals surface area contributed by atoms with Crippen molar-refractivity contribution in [2.24, 2.45) is 0 Å². The van der Waals surface area contributed by atoms with Crippen molar-refractivity contribution in [3.8, 4) is 11.4 Å². The maximum Gasteiger partial charge on any atom is 0.232 e. The topological polar surface area (TPSA) is 117 Å². The molecule has 1 aliphatic heterocycles. The van der Waals surface area contributed by atoms with Crippen LogP contribution in [0.25, 0.3) is 11.4 Å². The molecule has 9 nitrogen and oxygen atoms in total. The summed E-state index contributed by atoms with van der Waals surface area (Å²) >= 11 is 1.45. The highest BCUT2D eigenvalue weighted by atomic mass is 32.2. The molecule has 4 aromatic rings. The highest BCUT2D eigenvalue weighted by molar-refractivity contribution is 7.98. The van der Waals surface area contributed by atoms with E-state index in [1.165, 1.54) is 23.9 Å². The van der Waals surface area contributed by atoms with E-state index in [9.17, 15) is 4.39 Å². The van der Waals surface area contributed by atoms with Crippen molar-refractivity contribution >= 4 is 29.3 Å². The molecule has 1 aliphatic rings. The summed E-state index contributed by atoms with van der Waals surface area (Å²) in [5.74, 6) is 1.84. The lowest BCUT2D eigenvalue weighted by molar-refractivity contribution is 0.0953. The fourth-order valence-corrected chi connectivity index (χ4v) is 4.69. The second kappa shape index (κ2) is 10.4. The van der Waals surface area contributed by atoms with Gasteiger partial charge in [-0.15, -0.1) is 10.2 Å². The van der Waals surface area contributed by atoms with Crippen LogP contribution in [-0.4, -0.2) is 42.4 Å². The minimum atomic E-state index is -0.295. The average Bonchev–Trinajstić information content (AvgIpc) is 3.50. The molecular formula is C24H25FN8OS. The number of nitrogen functional groups attached to an aromatic ring is 1. The Morgan fingerprint density at radius 3 is 2.71 bits per heavy atom. The quantitative estimate of drug-likeness (QED) is 0.346. The molecule has 3 heterocycles. The zero-order valence-corrected chi connectivity index (χ0v) is 20.0. The van der Waals surface area contributed by atoms with Gasteiger partial charge in [0.15, 0.2) is 11.0 Å². The number of halogens is 1. The maximum absolute atomic E-state index is 13.5. The summed E-state index contributed by atoms with van der Waals surface area (Å²) in [6.07, 6.45) is 2.09. The number of hydrogen-bond donors (Lipinski definition) is 2. The van der Waals surface area contributed by atoms with Gasteiger partial charge >= 0.3 is 0 Å². The number of benzene rings is 2. The van der Waals surface area contributed by atoms with Crippen LogP contribution in [0.1, 0.15) is 24.2 Å². The highest BCUT2D eigenvalue weighted by Crippen LogP contribution is 2.28. The molecule has 0 bridgehead atoms. The van der Waals surface area contributed by atoms with E-state index >= 15 is 0 Å². The minimum absolute atomic E-state index is 0.0854. The summed E-state index contributed by atoms with van der Waals surface area (Å²) in [5.41, 5.74) is 8.72. The number of ether oxygens (including phenoxy) is 1. The number of aryl methyl sites for hydroxylation is 1. The molecule has 180 valence electrons. The van der Waals surface area contributed by atoms with Gasteiger partial charge in [0, 0.05) is 17.9 Å². The molecular weight excluding hydrogens is 467 g/mol. The largest absolute Gasteiger partial charge is 0.376 e. The Kier molecular flexibility index (Phi) is 6.87. The number of nitrogens with zero attached hydrogens (tertiary/aromatic N) is 6. The number of nitrogens with one attached hydrogen (secondary N) is 1. The van der Waals surface area contributed by atoms with Crippen LogP contribution in [0.3, 0.4) is 0 Å². The van der Waals surface area contributed by atoms with E-state index in [4.69, 9.17) is 10.5 Å². The summed E-state index contributed by atoms with van der Waals surface area (Å²) in [7, 11) is 0. The number of para-hydroxylation sites is 1. The Labute approximate surface area is 206 Å². The van der Waals surface area contributed by atoms with E-state index in [1.54, 1.807) is 12.1 Å². The van der Waals surface area contributed by atoms with E-state index in [2.05, 4.69) is 30.5 Å². The first-order valence-electron chi connectivity index (χ1n) is 11.3. The minimum Gasteiger partial charge on any atom is -0.376 e. The maximum atomic E-state index is 13.5. The smallest absolute Gasteiger partial charge is 0.232 e. The predicted molar refractivity (Wildman–Crippen MR) is 133 cm³/mol. The normalized spacial score (nSPS) is 15.4. The van der Waals surface area contributed by atoms with E-state index in [-0.39, 0.29) is 17.9 Å². The summed E-state index contributed by atoms with van der Waals surface area (Å²) in [5, 5.41) is 12.7. The molecule has 2 aromatic carbocycles. The Morgan fingerprint density at radius 1 is 1.11 bits per heavy atom. The van der Waals surface area contributed by atoms with E-state index < -0.39 is 0 Å². The van der Waals surface area contributed by atoms with Crippen molar-refractivity contribution in [1.29, 1.82) is 0 Å². The molecule has 1 atom stereocenters. The summed E-state index contributed by atoms with van der Waals surface area (Å²) in [6.45, 7) is 3.37. The Balaban J connectivity index is 1.37. The lowest BCUT2D eigenvalue weighted by atomic mass is 10.2. The van der Waals surface area contributed by atoms with Crippen LogP contribution < -0.4 is 11.1 Å².